The predicted octanol–water partition coefficient (Wildman–Crippen LogP) is 1.91. The Morgan fingerprint density at radius 2 is 1.93 bits per heavy atom. The highest BCUT2D eigenvalue weighted by molar-refractivity contribution is 5.40. The molecule has 0 radical (unpaired) electrons. The van der Waals surface area contributed by atoms with Gasteiger partial charge in [-0.1, -0.05) is 0 Å². The largest absolute Gasteiger partial charge is 0.354 e. The Bertz CT molecular complexity index is 321. The van der Waals surface area contributed by atoms with Gasteiger partial charge in [-0.2, -0.15) is 0 Å². The Kier molecular flexibility index (Phi) is 2.61. The number of nitrogens with zero attached hydrogens (tertiary/aromatic N) is 3. The number of aromatic nitrogens is 2. The molecular weight excluding hydrogens is 181 g/mol. The molecule has 0 amide bonds. The first-order valence-electron chi connectivity index (χ1n) is 5.01. The standard InChI is InChI=1S/C10H14FN3/c1-8-9(11)10(13-7-12-8)14-5-3-2-4-6-14/h7H,2-6H2,1H3. The minimum atomic E-state index is -0.269. The monoisotopic (exact) mass is 195 g/mol. The molecule has 14 heavy (non-hydrogen) atoms. The van der Waals surface area contributed by atoms with Gasteiger partial charge in [0, 0.05) is 13.1 Å². The number of piperidine rings is 1. The highest BCUT2D eigenvalue weighted by atomic mass is 19.1. The van der Waals surface area contributed by atoms with Crippen LogP contribution in [0.4, 0.5) is 10.2 Å². The summed E-state index contributed by atoms with van der Waals surface area (Å²) >= 11 is 0. The molecule has 3 nitrogen and oxygen atoms in total. The lowest BCUT2D eigenvalue weighted by Crippen LogP contribution is -2.31. The van der Waals surface area contributed by atoms with Gasteiger partial charge >= 0.3 is 0 Å². The van der Waals surface area contributed by atoms with Gasteiger partial charge in [-0.15, -0.1) is 0 Å². The smallest absolute Gasteiger partial charge is 0.186 e. The number of halogens is 1. The van der Waals surface area contributed by atoms with E-state index in [4.69, 9.17) is 0 Å². The van der Waals surface area contributed by atoms with E-state index in [1.165, 1.54) is 12.7 Å². The zero-order valence-corrected chi connectivity index (χ0v) is 8.33. The summed E-state index contributed by atoms with van der Waals surface area (Å²) in [6, 6.07) is 0. The van der Waals surface area contributed by atoms with Gasteiger partial charge in [-0.05, 0) is 26.2 Å². The highest BCUT2D eigenvalue weighted by Crippen LogP contribution is 2.21. The van der Waals surface area contributed by atoms with Crippen LogP contribution < -0.4 is 4.90 Å². The first-order chi connectivity index (χ1) is 6.79. The van der Waals surface area contributed by atoms with Crippen LogP contribution in [-0.4, -0.2) is 23.1 Å². The molecule has 1 aliphatic heterocycles. The third-order valence-electron chi connectivity index (χ3n) is 2.60. The van der Waals surface area contributed by atoms with Crippen LogP contribution >= 0.6 is 0 Å². The van der Waals surface area contributed by atoms with E-state index in [9.17, 15) is 4.39 Å². The fourth-order valence-corrected chi connectivity index (χ4v) is 1.77. The molecule has 0 unspecified atom stereocenters. The van der Waals surface area contributed by atoms with Gasteiger partial charge in [-0.25, -0.2) is 14.4 Å². The van der Waals surface area contributed by atoms with E-state index < -0.39 is 0 Å². The Labute approximate surface area is 83.0 Å². The number of aryl methyl sites for hydroxylation is 1. The first-order valence-corrected chi connectivity index (χ1v) is 5.01. The van der Waals surface area contributed by atoms with E-state index in [1.54, 1.807) is 6.92 Å². The Morgan fingerprint density at radius 3 is 2.64 bits per heavy atom. The number of anilines is 1. The van der Waals surface area contributed by atoms with E-state index in [-0.39, 0.29) is 5.82 Å². The normalized spacial score (nSPS) is 17.1. The van der Waals surface area contributed by atoms with Gasteiger partial charge in [0.05, 0.1) is 5.69 Å². The summed E-state index contributed by atoms with van der Waals surface area (Å²) in [5, 5.41) is 0. The maximum absolute atomic E-state index is 13.6. The van der Waals surface area contributed by atoms with Crippen molar-refractivity contribution in [3.8, 4) is 0 Å². The van der Waals surface area contributed by atoms with Crippen molar-refractivity contribution >= 4 is 5.82 Å². The van der Waals surface area contributed by atoms with Crippen molar-refractivity contribution in [1.29, 1.82) is 0 Å². The van der Waals surface area contributed by atoms with Gasteiger partial charge in [-0.3, -0.25) is 0 Å². The lowest BCUT2D eigenvalue weighted by atomic mass is 10.1. The van der Waals surface area contributed by atoms with Crippen LogP contribution in [0, 0.1) is 12.7 Å². The maximum Gasteiger partial charge on any atom is 0.186 e. The van der Waals surface area contributed by atoms with Crippen LogP contribution in [0.5, 0.6) is 0 Å². The van der Waals surface area contributed by atoms with Crippen LogP contribution in [0.25, 0.3) is 0 Å². The quantitative estimate of drug-likeness (QED) is 0.685. The Balaban J connectivity index is 2.26. The molecule has 0 atom stereocenters. The number of hydrogen-bond acceptors (Lipinski definition) is 3. The Hall–Kier alpha value is -1.19. The second-order valence-electron chi connectivity index (χ2n) is 3.64. The third-order valence-corrected chi connectivity index (χ3v) is 2.60. The lowest BCUT2D eigenvalue weighted by molar-refractivity contribution is 0.542. The summed E-state index contributed by atoms with van der Waals surface area (Å²) in [7, 11) is 0. The third kappa shape index (κ3) is 1.69. The SMILES string of the molecule is Cc1ncnc(N2CCCCC2)c1F. The fraction of sp³-hybridized carbons (Fsp3) is 0.600. The molecule has 1 aliphatic rings. The molecule has 2 heterocycles. The lowest BCUT2D eigenvalue weighted by Gasteiger charge is -2.27. The molecule has 1 fully saturated rings. The molecule has 1 aromatic heterocycles. The topological polar surface area (TPSA) is 29.0 Å². The highest BCUT2D eigenvalue weighted by Gasteiger charge is 2.17. The van der Waals surface area contributed by atoms with Crippen molar-refractivity contribution in [3.63, 3.8) is 0 Å². The van der Waals surface area contributed by atoms with E-state index in [2.05, 4.69) is 9.97 Å². The molecule has 0 aliphatic carbocycles. The average molecular weight is 195 g/mol. The summed E-state index contributed by atoms with van der Waals surface area (Å²) in [5.41, 5.74) is 0.431. The van der Waals surface area contributed by atoms with Crippen LogP contribution in [0.3, 0.4) is 0 Å². The van der Waals surface area contributed by atoms with E-state index in [0.717, 1.165) is 25.9 Å². The average Bonchev–Trinajstić information content (AvgIpc) is 2.23. The van der Waals surface area contributed by atoms with E-state index in [1.807, 2.05) is 4.90 Å². The molecule has 0 N–H and O–H groups in total. The Morgan fingerprint density at radius 1 is 1.21 bits per heavy atom. The van der Waals surface area contributed by atoms with Gasteiger partial charge < -0.3 is 4.90 Å². The molecule has 0 spiro atoms. The van der Waals surface area contributed by atoms with Crippen molar-refractivity contribution < 1.29 is 4.39 Å². The first kappa shape index (κ1) is 9.37. The van der Waals surface area contributed by atoms with Gasteiger partial charge in [0.1, 0.15) is 6.33 Å². The number of rotatable bonds is 1. The number of hydrogen-bond donors (Lipinski definition) is 0. The van der Waals surface area contributed by atoms with Crippen molar-refractivity contribution in [1.82, 2.24) is 9.97 Å². The zero-order valence-electron chi connectivity index (χ0n) is 8.33. The fourth-order valence-electron chi connectivity index (χ4n) is 1.77. The molecule has 4 heteroatoms. The summed E-state index contributed by atoms with van der Waals surface area (Å²) in [6.07, 6.45) is 4.93. The molecule has 2 rings (SSSR count). The molecule has 0 bridgehead atoms. The van der Waals surface area contributed by atoms with Crippen molar-refractivity contribution in [2.24, 2.45) is 0 Å². The molecule has 1 aromatic rings. The van der Waals surface area contributed by atoms with Crippen molar-refractivity contribution in [3.05, 3.63) is 17.8 Å². The van der Waals surface area contributed by atoms with Gasteiger partial charge in [0.15, 0.2) is 11.6 Å². The maximum atomic E-state index is 13.6. The van der Waals surface area contributed by atoms with Crippen LogP contribution in [0.1, 0.15) is 25.0 Å². The molecule has 0 saturated carbocycles. The van der Waals surface area contributed by atoms with E-state index in [0.29, 0.717) is 11.5 Å². The predicted molar refractivity (Wildman–Crippen MR) is 52.8 cm³/mol. The summed E-state index contributed by atoms with van der Waals surface area (Å²) < 4.78 is 13.6. The minimum absolute atomic E-state index is 0.269. The van der Waals surface area contributed by atoms with Crippen LogP contribution in [0.2, 0.25) is 0 Å². The van der Waals surface area contributed by atoms with E-state index >= 15 is 0 Å². The molecule has 1 saturated heterocycles. The van der Waals surface area contributed by atoms with Crippen molar-refractivity contribution in [2.45, 2.75) is 26.2 Å². The van der Waals surface area contributed by atoms with Crippen LogP contribution in [0.15, 0.2) is 6.33 Å². The minimum Gasteiger partial charge on any atom is -0.354 e. The summed E-state index contributed by atoms with van der Waals surface area (Å²) in [5.74, 6) is 0.201. The summed E-state index contributed by atoms with van der Waals surface area (Å²) in [4.78, 5) is 9.83. The van der Waals surface area contributed by atoms with Gasteiger partial charge in [0.2, 0.25) is 0 Å². The second-order valence-corrected chi connectivity index (χ2v) is 3.64. The second kappa shape index (κ2) is 3.90. The molecular formula is C10H14FN3. The van der Waals surface area contributed by atoms with Crippen molar-refractivity contribution in [2.75, 3.05) is 18.0 Å². The van der Waals surface area contributed by atoms with Gasteiger partial charge in [0.25, 0.3) is 0 Å². The van der Waals surface area contributed by atoms with Crippen LogP contribution in [-0.2, 0) is 0 Å². The molecule has 76 valence electrons. The molecule has 0 aromatic carbocycles. The zero-order chi connectivity index (χ0) is 9.97. The summed E-state index contributed by atoms with van der Waals surface area (Å²) in [6.45, 7) is 3.49.